The summed E-state index contributed by atoms with van der Waals surface area (Å²) in [5.41, 5.74) is 1.49. The Labute approximate surface area is 124 Å². The summed E-state index contributed by atoms with van der Waals surface area (Å²) in [5, 5.41) is 10.9. The second kappa shape index (κ2) is 5.87. The standard InChI is InChI=1S/C16H13F2NOS/c17-12-6-5-10(8-13(12)18)7-11(20)9-16-19-14-3-1-2-4-15(14)21-16/h1-6,8,11,20H,7,9H2. The lowest BCUT2D eigenvalue weighted by Gasteiger charge is -2.09. The quantitative estimate of drug-likeness (QED) is 0.797. The number of benzene rings is 2. The van der Waals surface area contributed by atoms with Crippen LogP contribution in [0.4, 0.5) is 8.78 Å². The number of thiazole rings is 1. The summed E-state index contributed by atoms with van der Waals surface area (Å²) in [4.78, 5) is 4.45. The predicted octanol–water partition coefficient (Wildman–Crippen LogP) is 3.72. The van der Waals surface area contributed by atoms with Crippen molar-refractivity contribution in [3.8, 4) is 0 Å². The molecular weight excluding hydrogens is 292 g/mol. The van der Waals surface area contributed by atoms with Gasteiger partial charge in [0.2, 0.25) is 0 Å². The summed E-state index contributed by atoms with van der Waals surface area (Å²) >= 11 is 1.54. The molecule has 0 saturated heterocycles. The Hall–Kier alpha value is -1.85. The Balaban J connectivity index is 1.70. The van der Waals surface area contributed by atoms with Gasteiger partial charge in [-0.25, -0.2) is 13.8 Å². The lowest BCUT2D eigenvalue weighted by Crippen LogP contribution is -2.14. The average molecular weight is 305 g/mol. The van der Waals surface area contributed by atoms with Crippen molar-refractivity contribution in [2.24, 2.45) is 0 Å². The molecule has 2 nitrogen and oxygen atoms in total. The summed E-state index contributed by atoms with van der Waals surface area (Å²) in [7, 11) is 0. The fraction of sp³-hybridized carbons (Fsp3) is 0.188. The van der Waals surface area contributed by atoms with E-state index < -0.39 is 17.7 Å². The van der Waals surface area contributed by atoms with Gasteiger partial charge in [0, 0.05) is 6.42 Å². The van der Waals surface area contributed by atoms with Crippen molar-refractivity contribution in [2.45, 2.75) is 18.9 Å². The first-order valence-electron chi connectivity index (χ1n) is 6.58. The number of aromatic nitrogens is 1. The van der Waals surface area contributed by atoms with E-state index in [-0.39, 0.29) is 6.42 Å². The summed E-state index contributed by atoms with van der Waals surface area (Å²) in [6, 6.07) is 11.5. The molecule has 21 heavy (non-hydrogen) atoms. The molecule has 1 aromatic heterocycles. The molecule has 5 heteroatoms. The van der Waals surface area contributed by atoms with Gasteiger partial charge >= 0.3 is 0 Å². The molecular formula is C16H13F2NOS. The van der Waals surface area contributed by atoms with Gasteiger partial charge in [-0.2, -0.15) is 0 Å². The third-order valence-electron chi connectivity index (χ3n) is 3.20. The van der Waals surface area contributed by atoms with Crippen LogP contribution in [0.15, 0.2) is 42.5 Å². The fourth-order valence-corrected chi connectivity index (χ4v) is 3.26. The zero-order chi connectivity index (χ0) is 14.8. The summed E-state index contributed by atoms with van der Waals surface area (Å²) in [6.07, 6.45) is 0.00119. The van der Waals surface area contributed by atoms with Crippen molar-refractivity contribution >= 4 is 21.6 Å². The maximum absolute atomic E-state index is 13.1. The highest BCUT2D eigenvalue weighted by Gasteiger charge is 2.12. The van der Waals surface area contributed by atoms with Crippen LogP contribution < -0.4 is 0 Å². The van der Waals surface area contributed by atoms with Gasteiger partial charge < -0.3 is 5.11 Å². The van der Waals surface area contributed by atoms with Gasteiger partial charge in [-0.3, -0.25) is 0 Å². The molecule has 108 valence electrons. The highest BCUT2D eigenvalue weighted by molar-refractivity contribution is 7.18. The molecule has 0 saturated carbocycles. The van der Waals surface area contributed by atoms with Gasteiger partial charge in [-0.05, 0) is 36.2 Å². The molecule has 3 rings (SSSR count). The Kier molecular flexibility index (Phi) is 3.94. The molecule has 0 aliphatic carbocycles. The van der Waals surface area contributed by atoms with Crippen LogP contribution in [0.2, 0.25) is 0 Å². The van der Waals surface area contributed by atoms with E-state index in [0.717, 1.165) is 27.4 Å². The first-order chi connectivity index (χ1) is 10.1. The van der Waals surface area contributed by atoms with E-state index in [1.165, 1.54) is 17.4 Å². The number of aliphatic hydroxyl groups is 1. The summed E-state index contributed by atoms with van der Waals surface area (Å²) < 4.78 is 27.1. The molecule has 3 aromatic rings. The Morgan fingerprint density at radius 3 is 2.62 bits per heavy atom. The highest BCUT2D eigenvalue weighted by atomic mass is 32.1. The van der Waals surface area contributed by atoms with Gasteiger partial charge in [0.15, 0.2) is 11.6 Å². The van der Waals surface area contributed by atoms with Crippen LogP contribution >= 0.6 is 11.3 Å². The van der Waals surface area contributed by atoms with E-state index in [1.807, 2.05) is 24.3 Å². The molecule has 2 aromatic carbocycles. The van der Waals surface area contributed by atoms with Crippen molar-refractivity contribution in [3.63, 3.8) is 0 Å². The van der Waals surface area contributed by atoms with E-state index in [4.69, 9.17) is 0 Å². The molecule has 0 aliphatic rings. The molecule has 0 radical (unpaired) electrons. The Morgan fingerprint density at radius 2 is 1.86 bits per heavy atom. The van der Waals surface area contributed by atoms with Gasteiger partial charge in [-0.1, -0.05) is 18.2 Å². The van der Waals surface area contributed by atoms with Crippen molar-refractivity contribution < 1.29 is 13.9 Å². The van der Waals surface area contributed by atoms with Gasteiger partial charge in [-0.15, -0.1) is 11.3 Å². The van der Waals surface area contributed by atoms with Crippen molar-refractivity contribution in [1.82, 2.24) is 4.98 Å². The van der Waals surface area contributed by atoms with Gasteiger partial charge in [0.05, 0.1) is 21.3 Å². The minimum absolute atomic E-state index is 0.271. The molecule has 1 heterocycles. The number of rotatable bonds is 4. The Morgan fingerprint density at radius 1 is 1.05 bits per heavy atom. The molecule has 0 aliphatic heterocycles. The normalized spacial score (nSPS) is 12.7. The number of hydrogen-bond acceptors (Lipinski definition) is 3. The van der Waals surface area contributed by atoms with Gasteiger partial charge in [0.25, 0.3) is 0 Å². The molecule has 1 atom stereocenters. The number of hydrogen-bond donors (Lipinski definition) is 1. The molecule has 1 N–H and O–H groups in total. The predicted molar refractivity (Wildman–Crippen MR) is 79.4 cm³/mol. The first kappa shape index (κ1) is 14.1. The minimum atomic E-state index is -0.889. The first-order valence-corrected chi connectivity index (χ1v) is 7.40. The minimum Gasteiger partial charge on any atom is -0.392 e. The molecule has 0 fully saturated rings. The monoisotopic (exact) mass is 305 g/mol. The van der Waals surface area contributed by atoms with Crippen LogP contribution in [0, 0.1) is 11.6 Å². The van der Waals surface area contributed by atoms with Crippen LogP contribution in [0.1, 0.15) is 10.6 Å². The SMILES string of the molecule is OC(Cc1ccc(F)c(F)c1)Cc1nc2ccccc2s1. The fourth-order valence-electron chi connectivity index (χ4n) is 2.22. The number of halogens is 2. The number of fused-ring (bicyclic) bond motifs is 1. The van der Waals surface area contributed by atoms with Crippen LogP contribution in [-0.4, -0.2) is 16.2 Å². The molecule has 1 unspecified atom stereocenters. The van der Waals surface area contributed by atoms with Crippen LogP contribution in [-0.2, 0) is 12.8 Å². The Bertz CT molecular complexity index is 739. The van der Waals surface area contributed by atoms with Crippen LogP contribution in [0.25, 0.3) is 10.2 Å². The van der Waals surface area contributed by atoms with E-state index in [9.17, 15) is 13.9 Å². The third kappa shape index (κ3) is 3.25. The largest absolute Gasteiger partial charge is 0.392 e. The molecule has 0 amide bonds. The highest BCUT2D eigenvalue weighted by Crippen LogP contribution is 2.23. The smallest absolute Gasteiger partial charge is 0.159 e. The van der Waals surface area contributed by atoms with Crippen LogP contribution in [0.3, 0.4) is 0 Å². The van der Waals surface area contributed by atoms with E-state index in [1.54, 1.807) is 0 Å². The summed E-state index contributed by atoms with van der Waals surface area (Å²) in [5.74, 6) is -1.76. The van der Waals surface area contributed by atoms with E-state index in [2.05, 4.69) is 4.98 Å². The summed E-state index contributed by atoms with van der Waals surface area (Å²) in [6.45, 7) is 0. The third-order valence-corrected chi connectivity index (χ3v) is 4.26. The second-order valence-corrected chi connectivity index (χ2v) is 6.00. The van der Waals surface area contributed by atoms with Crippen molar-refractivity contribution in [2.75, 3.05) is 0 Å². The maximum atomic E-state index is 13.1. The molecule has 0 bridgehead atoms. The lowest BCUT2D eigenvalue weighted by atomic mass is 10.1. The van der Waals surface area contributed by atoms with Crippen LogP contribution in [0.5, 0.6) is 0 Å². The van der Waals surface area contributed by atoms with Gasteiger partial charge in [0.1, 0.15) is 0 Å². The van der Waals surface area contributed by atoms with Crippen molar-refractivity contribution in [3.05, 3.63) is 64.7 Å². The second-order valence-electron chi connectivity index (χ2n) is 4.89. The van der Waals surface area contributed by atoms with E-state index in [0.29, 0.717) is 12.0 Å². The topological polar surface area (TPSA) is 33.1 Å². The van der Waals surface area contributed by atoms with Crippen molar-refractivity contribution in [1.29, 1.82) is 0 Å². The zero-order valence-corrected chi connectivity index (χ0v) is 11.9. The number of nitrogens with zero attached hydrogens (tertiary/aromatic N) is 1. The lowest BCUT2D eigenvalue weighted by molar-refractivity contribution is 0.175. The number of para-hydroxylation sites is 1. The zero-order valence-electron chi connectivity index (χ0n) is 11.1. The average Bonchev–Trinajstić information content (AvgIpc) is 2.84. The maximum Gasteiger partial charge on any atom is 0.159 e. The number of aliphatic hydroxyl groups excluding tert-OH is 1. The molecule has 0 spiro atoms. The van der Waals surface area contributed by atoms with E-state index >= 15 is 0 Å².